The van der Waals surface area contributed by atoms with Crippen LogP contribution in [-0.4, -0.2) is 48.4 Å². The van der Waals surface area contributed by atoms with Crippen LogP contribution in [0.4, 0.5) is 13.2 Å². The molecule has 1 saturated heterocycles. The topological polar surface area (TPSA) is 49.6 Å². The van der Waals surface area contributed by atoms with Crippen LogP contribution < -0.4 is 5.73 Å². The number of amides is 1. The Hall–Kier alpha value is -1.02. The van der Waals surface area contributed by atoms with E-state index in [9.17, 15) is 18.0 Å². The van der Waals surface area contributed by atoms with Crippen LogP contribution in [0.5, 0.6) is 0 Å². The van der Waals surface area contributed by atoms with Gasteiger partial charge < -0.3 is 10.6 Å². The molecule has 1 fully saturated rings. The molecular weight excluding hydrogens is 366 g/mol. The maximum absolute atomic E-state index is 12.5. The molecule has 138 valence electrons. The van der Waals surface area contributed by atoms with E-state index in [1.54, 1.807) is 4.90 Å². The molecule has 2 N–H and O–H groups in total. The van der Waals surface area contributed by atoms with Gasteiger partial charge in [-0.2, -0.15) is 13.2 Å². The summed E-state index contributed by atoms with van der Waals surface area (Å²) in [5, 5.41) is 0. The summed E-state index contributed by atoms with van der Waals surface area (Å²) in [4.78, 5) is 15.5. The smallest absolute Gasteiger partial charge is 0.340 e. The Bertz CT molecular complexity index is 512. The molecule has 0 radical (unpaired) electrons. The molecule has 9 heteroatoms. The van der Waals surface area contributed by atoms with Crippen molar-refractivity contribution in [2.45, 2.75) is 19.1 Å². The first-order chi connectivity index (χ1) is 10.4. The van der Waals surface area contributed by atoms with Gasteiger partial charge in [0.15, 0.2) is 0 Å². The fourth-order valence-electron chi connectivity index (χ4n) is 2.56. The Labute approximate surface area is 152 Å². The van der Waals surface area contributed by atoms with E-state index in [1.165, 1.54) is 12.1 Å². The van der Waals surface area contributed by atoms with Crippen LogP contribution >= 0.6 is 24.8 Å². The molecule has 2 rings (SSSR count). The van der Waals surface area contributed by atoms with Crippen molar-refractivity contribution in [1.82, 2.24) is 9.80 Å². The van der Waals surface area contributed by atoms with Crippen molar-refractivity contribution in [2.75, 3.05) is 32.7 Å². The van der Waals surface area contributed by atoms with Crippen molar-refractivity contribution in [1.29, 1.82) is 0 Å². The van der Waals surface area contributed by atoms with Crippen molar-refractivity contribution in [2.24, 2.45) is 5.73 Å². The maximum atomic E-state index is 12.5. The highest BCUT2D eigenvalue weighted by Gasteiger charge is 2.30. The molecule has 1 aliphatic rings. The average molecular weight is 388 g/mol. The highest BCUT2D eigenvalue weighted by molar-refractivity contribution is 5.85. The molecule has 24 heavy (non-hydrogen) atoms. The second kappa shape index (κ2) is 10.1. The Morgan fingerprint density at radius 3 is 2.21 bits per heavy atom. The van der Waals surface area contributed by atoms with Crippen LogP contribution in [0.25, 0.3) is 0 Å². The molecule has 0 unspecified atom stereocenters. The summed E-state index contributed by atoms with van der Waals surface area (Å²) in [6, 6.07) is 5.24. The van der Waals surface area contributed by atoms with Crippen LogP contribution in [0.3, 0.4) is 0 Å². The summed E-state index contributed by atoms with van der Waals surface area (Å²) in [7, 11) is 0. The molecular formula is C15H22Cl2F3N3O. The Kier molecular flexibility index (Phi) is 9.65. The minimum absolute atomic E-state index is 0. The zero-order valence-corrected chi connectivity index (χ0v) is 14.7. The van der Waals surface area contributed by atoms with Gasteiger partial charge >= 0.3 is 6.18 Å². The normalized spacial score (nSPS) is 15.9. The number of hydrogen-bond acceptors (Lipinski definition) is 3. The number of nitrogens with zero attached hydrogens (tertiary/aromatic N) is 2. The minimum Gasteiger partial charge on any atom is -0.340 e. The molecule has 0 aromatic heterocycles. The molecule has 1 amide bonds. The molecule has 0 aliphatic carbocycles. The lowest BCUT2D eigenvalue weighted by Gasteiger charge is -2.21. The van der Waals surface area contributed by atoms with E-state index in [0.29, 0.717) is 26.2 Å². The number of carbonyl (C=O) groups is 1. The van der Waals surface area contributed by atoms with Gasteiger partial charge in [-0.1, -0.05) is 12.1 Å². The highest BCUT2D eigenvalue weighted by atomic mass is 35.5. The summed E-state index contributed by atoms with van der Waals surface area (Å²) < 4.78 is 37.6. The predicted octanol–water partition coefficient (Wildman–Crippen LogP) is 2.54. The van der Waals surface area contributed by atoms with Gasteiger partial charge in [0, 0.05) is 32.7 Å². The van der Waals surface area contributed by atoms with Crippen LogP contribution in [0.15, 0.2) is 24.3 Å². The van der Waals surface area contributed by atoms with Crippen LogP contribution in [0.2, 0.25) is 0 Å². The number of hydrogen-bond donors (Lipinski definition) is 1. The number of nitrogens with two attached hydrogens (primary N) is 1. The first kappa shape index (κ1) is 23.0. The van der Waals surface area contributed by atoms with E-state index in [0.717, 1.165) is 30.7 Å². The number of benzene rings is 1. The highest BCUT2D eigenvalue weighted by Crippen LogP contribution is 2.29. The summed E-state index contributed by atoms with van der Waals surface area (Å²) >= 11 is 0. The second-order valence-corrected chi connectivity index (χ2v) is 5.41. The third-order valence-corrected chi connectivity index (χ3v) is 3.80. The van der Waals surface area contributed by atoms with Gasteiger partial charge in [0.2, 0.25) is 5.91 Å². The lowest BCUT2D eigenvalue weighted by Crippen LogP contribution is -2.38. The lowest BCUT2D eigenvalue weighted by molar-refractivity contribution is -0.137. The Balaban J connectivity index is 0.00000264. The predicted molar refractivity (Wildman–Crippen MR) is 91.5 cm³/mol. The standard InChI is InChI=1S/C15H20F3N3O.2ClH/c16-15(17,18)13-4-2-12(3-5-13)11-20-6-1-7-21(9-8-20)14(22)10-19;;/h2-5H,1,6-11,19H2;2*1H. The molecule has 4 nitrogen and oxygen atoms in total. The third kappa shape index (κ3) is 6.47. The monoisotopic (exact) mass is 387 g/mol. The van der Waals surface area contributed by atoms with E-state index in [-0.39, 0.29) is 37.3 Å². The minimum atomic E-state index is -4.30. The largest absolute Gasteiger partial charge is 0.416 e. The maximum Gasteiger partial charge on any atom is 0.416 e. The fourth-order valence-corrected chi connectivity index (χ4v) is 2.56. The van der Waals surface area contributed by atoms with Gasteiger partial charge in [0.1, 0.15) is 0 Å². The molecule has 0 spiro atoms. The average Bonchev–Trinajstić information content (AvgIpc) is 2.72. The van der Waals surface area contributed by atoms with Gasteiger partial charge in [-0.15, -0.1) is 24.8 Å². The molecule has 1 aromatic rings. The van der Waals surface area contributed by atoms with Crippen LogP contribution in [0.1, 0.15) is 17.5 Å². The van der Waals surface area contributed by atoms with Crippen molar-refractivity contribution in [3.8, 4) is 0 Å². The van der Waals surface area contributed by atoms with Gasteiger partial charge in [-0.25, -0.2) is 0 Å². The fraction of sp³-hybridized carbons (Fsp3) is 0.533. The number of carbonyl (C=O) groups excluding carboxylic acids is 1. The van der Waals surface area contributed by atoms with Crippen molar-refractivity contribution in [3.63, 3.8) is 0 Å². The number of alkyl halides is 3. The van der Waals surface area contributed by atoms with Crippen LogP contribution in [-0.2, 0) is 17.5 Å². The van der Waals surface area contributed by atoms with Gasteiger partial charge in [-0.05, 0) is 24.1 Å². The summed E-state index contributed by atoms with van der Waals surface area (Å²) in [5.41, 5.74) is 5.57. The summed E-state index contributed by atoms with van der Waals surface area (Å²) in [6.45, 7) is 3.40. The second-order valence-electron chi connectivity index (χ2n) is 5.41. The van der Waals surface area contributed by atoms with E-state index in [1.807, 2.05) is 0 Å². The zero-order chi connectivity index (χ0) is 16.2. The van der Waals surface area contributed by atoms with E-state index in [4.69, 9.17) is 5.73 Å². The van der Waals surface area contributed by atoms with Crippen molar-refractivity contribution < 1.29 is 18.0 Å². The van der Waals surface area contributed by atoms with E-state index >= 15 is 0 Å². The number of halogens is 5. The van der Waals surface area contributed by atoms with Gasteiger partial charge in [0.25, 0.3) is 0 Å². The molecule has 1 heterocycles. The van der Waals surface area contributed by atoms with Gasteiger partial charge in [0.05, 0.1) is 12.1 Å². The quantitative estimate of drug-likeness (QED) is 0.866. The molecule has 0 atom stereocenters. The molecule has 0 bridgehead atoms. The van der Waals surface area contributed by atoms with Crippen LogP contribution in [0, 0.1) is 0 Å². The van der Waals surface area contributed by atoms with E-state index in [2.05, 4.69) is 4.90 Å². The number of rotatable bonds is 3. The SMILES string of the molecule is Cl.Cl.NCC(=O)N1CCCN(Cc2ccc(C(F)(F)F)cc2)CC1. The molecule has 0 saturated carbocycles. The van der Waals surface area contributed by atoms with Crippen molar-refractivity contribution in [3.05, 3.63) is 35.4 Å². The van der Waals surface area contributed by atoms with Gasteiger partial charge in [-0.3, -0.25) is 9.69 Å². The lowest BCUT2D eigenvalue weighted by atomic mass is 10.1. The molecule has 1 aromatic carbocycles. The Morgan fingerprint density at radius 2 is 1.67 bits per heavy atom. The third-order valence-electron chi connectivity index (χ3n) is 3.80. The molecule has 1 aliphatic heterocycles. The first-order valence-corrected chi connectivity index (χ1v) is 7.26. The summed E-state index contributed by atoms with van der Waals surface area (Å²) in [6.07, 6.45) is -3.46. The van der Waals surface area contributed by atoms with Crippen molar-refractivity contribution >= 4 is 30.7 Å². The zero-order valence-electron chi connectivity index (χ0n) is 13.1. The van der Waals surface area contributed by atoms with E-state index < -0.39 is 11.7 Å². The Morgan fingerprint density at radius 1 is 1.04 bits per heavy atom. The first-order valence-electron chi connectivity index (χ1n) is 7.26. The summed E-state index contributed by atoms with van der Waals surface area (Å²) in [5.74, 6) is -0.0589.